The third-order valence-electron chi connectivity index (χ3n) is 1.61. The second-order valence-electron chi connectivity index (χ2n) is 2.57. The van der Waals surface area contributed by atoms with Gasteiger partial charge in [0.05, 0.1) is 0 Å². The minimum atomic E-state index is -0.179. The Morgan fingerprint density at radius 1 is 1.31 bits per heavy atom. The van der Waals surface area contributed by atoms with Crippen LogP contribution < -0.4 is 5.73 Å². The van der Waals surface area contributed by atoms with E-state index in [0.29, 0.717) is 5.70 Å². The molecule has 0 aliphatic rings. The Balaban J connectivity index is 2.91. The van der Waals surface area contributed by atoms with Crippen LogP contribution in [-0.2, 0) is 4.79 Å². The second kappa shape index (κ2) is 4.26. The van der Waals surface area contributed by atoms with Gasteiger partial charge in [0.2, 0.25) is 0 Å². The molecule has 66 valence electrons. The molecule has 0 heterocycles. The van der Waals surface area contributed by atoms with E-state index in [9.17, 15) is 4.79 Å². The Labute approximate surface area is 77.4 Å². The van der Waals surface area contributed by atoms with Gasteiger partial charge in [-0.3, -0.25) is 4.79 Å². The maximum Gasteiger partial charge on any atom is 0.180 e. The molecule has 0 aliphatic carbocycles. The number of rotatable bonds is 3. The zero-order valence-electron chi connectivity index (χ0n) is 7.23. The third kappa shape index (κ3) is 2.60. The van der Waals surface area contributed by atoms with Crippen LogP contribution in [-0.4, -0.2) is 5.78 Å². The van der Waals surface area contributed by atoms with Gasteiger partial charge in [-0.1, -0.05) is 36.9 Å². The summed E-state index contributed by atoms with van der Waals surface area (Å²) in [4.78, 5) is 10.9. The van der Waals surface area contributed by atoms with Gasteiger partial charge < -0.3 is 5.73 Å². The number of nitrogens with two attached hydrogens (primary N) is 1. The molecule has 0 bridgehead atoms. The summed E-state index contributed by atoms with van der Waals surface area (Å²) in [5, 5.41) is 0. The minimum absolute atomic E-state index is 0.179. The number of carbonyl (C=O) groups is 1. The van der Waals surface area contributed by atoms with E-state index in [2.05, 4.69) is 6.58 Å². The Hall–Kier alpha value is -1.83. The lowest BCUT2D eigenvalue weighted by atomic mass is 10.1. The van der Waals surface area contributed by atoms with Crippen molar-refractivity contribution in [3.05, 3.63) is 54.6 Å². The molecule has 0 saturated heterocycles. The molecule has 2 nitrogen and oxygen atoms in total. The van der Waals surface area contributed by atoms with Gasteiger partial charge in [-0.25, -0.2) is 0 Å². The van der Waals surface area contributed by atoms with Gasteiger partial charge >= 0.3 is 0 Å². The summed E-state index contributed by atoms with van der Waals surface area (Å²) in [5.74, 6) is -0.179. The van der Waals surface area contributed by atoms with E-state index in [-0.39, 0.29) is 5.78 Å². The predicted octanol–water partition coefficient (Wildman–Crippen LogP) is 1.74. The van der Waals surface area contributed by atoms with E-state index in [1.54, 1.807) is 0 Å². The lowest BCUT2D eigenvalue weighted by molar-refractivity contribution is -0.110. The smallest absolute Gasteiger partial charge is 0.180 e. The van der Waals surface area contributed by atoms with Crippen LogP contribution in [0.1, 0.15) is 5.56 Å². The lowest BCUT2D eigenvalue weighted by Crippen LogP contribution is -1.99. The average Bonchev–Trinajstić information content (AvgIpc) is 2.19. The fourth-order valence-corrected chi connectivity index (χ4v) is 0.926. The van der Waals surface area contributed by atoms with Crippen molar-refractivity contribution in [2.24, 2.45) is 5.73 Å². The van der Waals surface area contributed by atoms with E-state index in [1.807, 2.05) is 30.3 Å². The zero-order valence-corrected chi connectivity index (χ0v) is 7.23. The maximum atomic E-state index is 10.9. The van der Waals surface area contributed by atoms with Crippen molar-refractivity contribution >= 4 is 11.5 Å². The van der Waals surface area contributed by atoms with Gasteiger partial charge in [-0.15, -0.1) is 0 Å². The Bertz CT molecular complexity index is 338. The van der Waals surface area contributed by atoms with Crippen molar-refractivity contribution in [3.63, 3.8) is 0 Å². The normalized spacial score (nSPS) is 10.9. The molecule has 0 aromatic heterocycles. The highest BCUT2D eigenvalue weighted by Gasteiger charge is 1.96. The van der Waals surface area contributed by atoms with Gasteiger partial charge in [-0.05, 0) is 11.6 Å². The quantitative estimate of drug-likeness (QED) is 0.707. The molecule has 0 fully saturated rings. The topological polar surface area (TPSA) is 43.1 Å². The van der Waals surface area contributed by atoms with E-state index >= 15 is 0 Å². The van der Waals surface area contributed by atoms with E-state index in [4.69, 9.17) is 5.73 Å². The van der Waals surface area contributed by atoms with Crippen molar-refractivity contribution in [1.29, 1.82) is 0 Å². The number of benzene rings is 1. The van der Waals surface area contributed by atoms with Gasteiger partial charge in [0.25, 0.3) is 0 Å². The van der Waals surface area contributed by atoms with Crippen LogP contribution in [0.5, 0.6) is 0 Å². The summed E-state index contributed by atoms with van der Waals surface area (Å²) in [7, 11) is 0. The first-order chi connectivity index (χ1) is 6.24. The molecule has 2 heteroatoms. The van der Waals surface area contributed by atoms with E-state index in [0.717, 1.165) is 5.56 Å². The van der Waals surface area contributed by atoms with Crippen molar-refractivity contribution in [2.75, 3.05) is 0 Å². The second-order valence-corrected chi connectivity index (χ2v) is 2.57. The van der Waals surface area contributed by atoms with Crippen molar-refractivity contribution < 1.29 is 4.79 Å². The molecule has 1 aromatic carbocycles. The molecule has 0 amide bonds. The fraction of sp³-hybridized carbons (Fsp3) is 0. The molecule has 13 heavy (non-hydrogen) atoms. The SMILES string of the molecule is C=CC(=O)/C=C(\N)c1ccccc1. The van der Waals surface area contributed by atoms with Crippen LogP contribution >= 0.6 is 0 Å². The first-order valence-electron chi connectivity index (χ1n) is 3.93. The van der Waals surface area contributed by atoms with Crippen LogP contribution in [0.4, 0.5) is 0 Å². The Morgan fingerprint density at radius 3 is 2.46 bits per heavy atom. The predicted molar refractivity (Wildman–Crippen MR) is 53.8 cm³/mol. The minimum Gasteiger partial charge on any atom is -0.398 e. The molecule has 0 unspecified atom stereocenters. The van der Waals surface area contributed by atoms with Crippen molar-refractivity contribution in [2.45, 2.75) is 0 Å². The molecule has 0 atom stereocenters. The first-order valence-corrected chi connectivity index (χ1v) is 3.93. The summed E-state index contributed by atoms with van der Waals surface area (Å²) >= 11 is 0. The molecule has 0 saturated carbocycles. The van der Waals surface area contributed by atoms with Crippen molar-refractivity contribution in [1.82, 2.24) is 0 Å². The lowest BCUT2D eigenvalue weighted by Gasteiger charge is -1.98. The van der Waals surface area contributed by atoms with Crippen LogP contribution in [0, 0.1) is 0 Å². The molecule has 1 rings (SSSR count). The molecule has 0 radical (unpaired) electrons. The third-order valence-corrected chi connectivity index (χ3v) is 1.61. The van der Waals surface area contributed by atoms with Crippen LogP contribution in [0.2, 0.25) is 0 Å². The van der Waals surface area contributed by atoms with Gasteiger partial charge in [-0.2, -0.15) is 0 Å². The van der Waals surface area contributed by atoms with E-state index in [1.165, 1.54) is 12.2 Å². The average molecular weight is 173 g/mol. The summed E-state index contributed by atoms with van der Waals surface area (Å²) in [5.41, 5.74) is 6.97. The summed E-state index contributed by atoms with van der Waals surface area (Å²) in [6.45, 7) is 3.36. The highest BCUT2D eigenvalue weighted by molar-refractivity contribution is 6.03. The Morgan fingerprint density at radius 2 is 1.92 bits per heavy atom. The van der Waals surface area contributed by atoms with E-state index < -0.39 is 0 Å². The monoisotopic (exact) mass is 173 g/mol. The van der Waals surface area contributed by atoms with Gasteiger partial charge in [0.1, 0.15) is 0 Å². The molecule has 0 aliphatic heterocycles. The summed E-state index contributed by atoms with van der Waals surface area (Å²) in [6, 6.07) is 9.33. The van der Waals surface area contributed by atoms with Gasteiger partial charge in [0.15, 0.2) is 5.78 Å². The number of hydrogen-bond acceptors (Lipinski definition) is 2. The number of ketones is 1. The summed E-state index contributed by atoms with van der Waals surface area (Å²) < 4.78 is 0. The number of allylic oxidation sites excluding steroid dienone is 2. The molecule has 0 spiro atoms. The fourth-order valence-electron chi connectivity index (χ4n) is 0.926. The first kappa shape index (κ1) is 9.26. The van der Waals surface area contributed by atoms with Gasteiger partial charge in [0, 0.05) is 11.8 Å². The van der Waals surface area contributed by atoms with Crippen LogP contribution in [0.25, 0.3) is 5.70 Å². The van der Waals surface area contributed by atoms with Crippen molar-refractivity contribution in [3.8, 4) is 0 Å². The standard InChI is InChI=1S/C11H11NO/c1-2-10(13)8-11(12)9-6-4-3-5-7-9/h2-8H,1,12H2/b11-8-. The Kier molecular flexibility index (Phi) is 3.03. The van der Waals surface area contributed by atoms with Crippen LogP contribution in [0.15, 0.2) is 49.1 Å². The largest absolute Gasteiger partial charge is 0.398 e. The molecule has 1 aromatic rings. The van der Waals surface area contributed by atoms with Crippen LogP contribution in [0.3, 0.4) is 0 Å². The molecular formula is C11H11NO. The summed E-state index contributed by atoms with van der Waals surface area (Å²) in [6.07, 6.45) is 2.60. The highest BCUT2D eigenvalue weighted by Crippen LogP contribution is 2.07. The number of hydrogen-bond donors (Lipinski definition) is 1. The number of carbonyl (C=O) groups excluding carboxylic acids is 1. The highest BCUT2D eigenvalue weighted by atomic mass is 16.1. The maximum absolute atomic E-state index is 10.9. The molecule has 2 N–H and O–H groups in total. The zero-order chi connectivity index (χ0) is 9.68. The molecular weight excluding hydrogens is 162 g/mol.